The molecule has 2 aliphatic rings. The fourth-order valence-corrected chi connectivity index (χ4v) is 5.15. The summed E-state index contributed by atoms with van der Waals surface area (Å²) in [5.74, 6) is -1.38. The fraction of sp³-hybridized carbons (Fsp3) is 0.400. The summed E-state index contributed by atoms with van der Waals surface area (Å²) in [6.45, 7) is 1.62. The smallest absolute Gasteiger partial charge is 0.407 e. The highest BCUT2D eigenvalue weighted by Gasteiger charge is 2.47. The van der Waals surface area contributed by atoms with Crippen molar-refractivity contribution in [1.82, 2.24) is 10.2 Å². The van der Waals surface area contributed by atoms with Crippen molar-refractivity contribution in [3.63, 3.8) is 0 Å². The van der Waals surface area contributed by atoms with Gasteiger partial charge in [0.2, 0.25) is 5.91 Å². The number of carbonyl (C=O) groups excluding carboxylic acids is 2. The van der Waals surface area contributed by atoms with Crippen LogP contribution in [0.15, 0.2) is 48.5 Å². The largest absolute Gasteiger partial charge is 0.480 e. The van der Waals surface area contributed by atoms with Gasteiger partial charge in [0.25, 0.3) is 0 Å². The van der Waals surface area contributed by atoms with E-state index in [0.717, 1.165) is 28.7 Å². The van der Waals surface area contributed by atoms with Crippen LogP contribution in [0.25, 0.3) is 11.1 Å². The van der Waals surface area contributed by atoms with E-state index in [9.17, 15) is 14.4 Å². The molecule has 0 aromatic heterocycles. The second kappa shape index (κ2) is 8.65. The number of carboxylic acid groups (broad SMARTS) is 1. The normalized spacial score (nSPS) is 21.5. The van der Waals surface area contributed by atoms with Gasteiger partial charge < -0.3 is 20.1 Å². The quantitative estimate of drug-likeness (QED) is 0.721. The van der Waals surface area contributed by atoms with E-state index in [2.05, 4.69) is 29.6 Å². The highest BCUT2D eigenvalue weighted by atomic mass is 16.5. The molecule has 1 saturated carbocycles. The standard InChI is InChI=1S/C25H28N2O5/c1-25(23(30)27(2)14-22(28)29)13-7-12-21(25)26-24(31)32-15-20-18-10-5-3-8-16(18)17-9-4-6-11-19(17)20/h3-6,8-11,20-21H,7,12-15H2,1-2H3,(H,26,31)(H,28,29). The first-order valence-corrected chi connectivity index (χ1v) is 10.9. The van der Waals surface area contributed by atoms with Gasteiger partial charge in [-0.25, -0.2) is 4.79 Å². The van der Waals surface area contributed by atoms with Crippen molar-refractivity contribution < 1.29 is 24.2 Å². The molecule has 7 heteroatoms. The van der Waals surface area contributed by atoms with E-state index in [1.54, 1.807) is 6.92 Å². The maximum Gasteiger partial charge on any atom is 0.407 e. The van der Waals surface area contributed by atoms with Gasteiger partial charge in [0.15, 0.2) is 0 Å². The van der Waals surface area contributed by atoms with Crippen LogP contribution in [0.1, 0.15) is 43.2 Å². The maximum absolute atomic E-state index is 12.9. The first-order chi connectivity index (χ1) is 15.3. The third kappa shape index (κ3) is 3.95. The van der Waals surface area contributed by atoms with Gasteiger partial charge in [-0.15, -0.1) is 0 Å². The minimum Gasteiger partial charge on any atom is -0.480 e. The Morgan fingerprint density at radius 3 is 2.28 bits per heavy atom. The lowest BCUT2D eigenvalue weighted by Crippen LogP contribution is -2.52. The predicted molar refractivity (Wildman–Crippen MR) is 119 cm³/mol. The number of ether oxygens (including phenoxy) is 1. The van der Waals surface area contributed by atoms with Gasteiger partial charge in [0.05, 0.1) is 5.41 Å². The molecule has 2 aromatic carbocycles. The summed E-state index contributed by atoms with van der Waals surface area (Å²) in [6.07, 6.45) is 1.45. The molecule has 2 N–H and O–H groups in total. The number of likely N-dealkylation sites (N-methyl/N-ethyl adjacent to an activating group) is 1. The molecule has 168 valence electrons. The van der Waals surface area contributed by atoms with Crippen molar-refractivity contribution in [2.24, 2.45) is 5.41 Å². The fourth-order valence-electron chi connectivity index (χ4n) is 5.15. The summed E-state index contributed by atoms with van der Waals surface area (Å²) in [4.78, 5) is 37.8. The molecule has 0 heterocycles. The van der Waals surface area contributed by atoms with Crippen molar-refractivity contribution in [3.05, 3.63) is 59.7 Å². The zero-order valence-corrected chi connectivity index (χ0v) is 18.3. The zero-order chi connectivity index (χ0) is 22.9. The average Bonchev–Trinajstić information content (AvgIpc) is 3.30. The molecular weight excluding hydrogens is 408 g/mol. The van der Waals surface area contributed by atoms with E-state index < -0.39 is 23.5 Å². The number of carboxylic acids is 1. The molecule has 0 aliphatic heterocycles. The number of alkyl carbamates (subject to hydrolysis) is 1. The third-order valence-electron chi connectivity index (χ3n) is 6.80. The molecule has 0 radical (unpaired) electrons. The van der Waals surface area contributed by atoms with Gasteiger partial charge in [-0.1, -0.05) is 55.0 Å². The van der Waals surface area contributed by atoms with Crippen molar-refractivity contribution in [1.29, 1.82) is 0 Å². The highest BCUT2D eigenvalue weighted by Crippen LogP contribution is 2.44. The second-order valence-corrected chi connectivity index (χ2v) is 8.89. The molecule has 4 rings (SSSR count). The van der Waals surface area contributed by atoms with Crippen LogP contribution >= 0.6 is 0 Å². The van der Waals surface area contributed by atoms with Crippen LogP contribution in [0.2, 0.25) is 0 Å². The Kier molecular flexibility index (Phi) is 5.91. The van der Waals surface area contributed by atoms with E-state index in [-0.39, 0.29) is 25.0 Å². The minimum atomic E-state index is -1.07. The lowest BCUT2D eigenvalue weighted by Gasteiger charge is -2.33. The molecule has 2 atom stereocenters. The van der Waals surface area contributed by atoms with Crippen molar-refractivity contribution in [2.75, 3.05) is 20.2 Å². The molecule has 1 fully saturated rings. The number of fused-ring (bicyclic) bond motifs is 3. The summed E-state index contributed by atoms with van der Waals surface area (Å²) in [7, 11) is 1.48. The summed E-state index contributed by atoms with van der Waals surface area (Å²) >= 11 is 0. The molecule has 2 aromatic rings. The molecule has 2 amide bonds. The Morgan fingerprint density at radius 1 is 1.09 bits per heavy atom. The number of carbonyl (C=O) groups is 3. The summed E-state index contributed by atoms with van der Waals surface area (Å²) in [5.41, 5.74) is 3.74. The number of hydrogen-bond acceptors (Lipinski definition) is 4. The van der Waals surface area contributed by atoms with Crippen LogP contribution in [0.4, 0.5) is 4.79 Å². The predicted octanol–water partition coefficient (Wildman–Crippen LogP) is 3.63. The Bertz CT molecular complexity index is 1010. The molecule has 32 heavy (non-hydrogen) atoms. The lowest BCUT2D eigenvalue weighted by molar-refractivity contribution is -0.148. The maximum atomic E-state index is 12.9. The van der Waals surface area contributed by atoms with Gasteiger partial charge >= 0.3 is 12.1 Å². The van der Waals surface area contributed by atoms with Crippen LogP contribution < -0.4 is 5.32 Å². The first-order valence-electron chi connectivity index (χ1n) is 10.9. The minimum absolute atomic E-state index is 0.0357. The van der Waals surface area contributed by atoms with Crippen LogP contribution in [-0.4, -0.2) is 54.2 Å². The molecular formula is C25H28N2O5. The number of hydrogen-bond donors (Lipinski definition) is 2. The van der Waals surface area contributed by atoms with Gasteiger partial charge in [-0.05, 0) is 42.0 Å². The SMILES string of the molecule is CN(CC(=O)O)C(=O)C1(C)CCCC1NC(=O)OCC1c2ccccc2-c2ccccc21. The van der Waals surface area contributed by atoms with Crippen LogP contribution in [0, 0.1) is 5.41 Å². The molecule has 0 saturated heterocycles. The first kappa shape index (κ1) is 21.9. The molecule has 2 aliphatic carbocycles. The monoisotopic (exact) mass is 436 g/mol. The van der Waals surface area contributed by atoms with Gasteiger partial charge in [-0.3, -0.25) is 9.59 Å². The number of aliphatic carboxylic acids is 1. The highest BCUT2D eigenvalue weighted by molar-refractivity contribution is 5.87. The molecule has 7 nitrogen and oxygen atoms in total. The Balaban J connectivity index is 1.42. The van der Waals surface area contributed by atoms with Gasteiger partial charge in [0.1, 0.15) is 13.2 Å². The van der Waals surface area contributed by atoms with Gasteiger partial charge in [0, 0.05) is 19.0 Å². The van der Waals surface area contributed by atoms with Crippen LogP contribution in [0.3, 0.4) is 0 Å². The van der Waals surface area contributed by atoms with Crippen molar-refractivity contribution in [3.8, 4) is 11.1 Å². The third-order valence-corrected chi connectivity index (χ3v) is 6.80. The van der Waals surface area contributed by atoms with E-state index in [0.29, 0.717) is 12.8 Å². The number of nitrogens with zero attached hydrogens (tertiary/aromatic N) is 1. The Hall–Kier alpha value is -3.35. The van der Waals surface area contributed by atoms with Crippen LogP contribution in [-0.2, 0) is 14.3 Å². The van der Waals surface area contributed by atoms with Gasteiger partial charge in [-0.2, -0.15) is 0 Å². The second-order valence-electron chi connectivity index (χ2n) is 8.89. The zero-order valence-electron chi connectivity index (χ0n) is 18.3. The van der Waals surface area contributed by atoms with E-state index in [1.165, 1.54) is 11.9 Å². The number of amides is 2. The molecule has 0 bridgehead atoms. The topological polar surface area (TPSA) is 95.9 Å². The Labute approximate surface area is 187 Å². The van der Waals surface area contributed by atoms with Crippen molar-refractivity contribution >= 4 is 18.0 Å². The van der Waals surface area contributed by atoms with E-state index in [4.69, 9.17) is 9.84 Å². The number of rotatable bonds is 6. The average molecular weight is 437 g/mol. The lowest BCUT2D eigenvalue weighted by atomic mass is 9.83. The molecule has 0 spiro atoms. The Morgan fingerprint density at radius 2 is 1.69 bits per heavy atom. The number of benzene rings is 2. The summed E-state index contributed by atoms with van der Waals surface area (Å²) in [5, 5.41) is 11.9. The number of nitrogens with one attached hydrogen (secondary N) is 1. The van der Waals surface area contributed by atoms with Crippen LogP contribution in [0.5, 0.6) is 0 Å². The summed E-state index contributed by atoms with van der Waals surface area (Å²) in [6, 6.07) is 15.9. The molecule has 2 unspecified atom stereocenters. The van der Waals surface area contributed by atoms with E-state index in [1.807, 2.05) is 24.3 Å². The van der Waals surface area contributed by atoms with Crippen molar-refractivity contribution in [2.45, 2.75) is 38.1 Å². The summed E-state index contributed by atoms with van der Waals surface area (Å²) < 4.78 is 5.63. The van der Waals surface area contributed by atoms with E-state index >= 15 is 0 Å².